The van der Waals surface area contributed by atoms with Gasteiger partial charge >= 0.3 is 0 Å². The molecule has 4 aromatic carbocycles. The molecule has 2 nitrogen and oxygen atoms in total. The van der Waals surface area contributed by atoms with Gasteiger partial charge in [-0.05, 0) is 70.7 Å². The summed E-state index contributed by atoms with van der Waals surface area (Å²) in [4.78, 5) is 2.88. The van der Waals surface area contributed by atoms with E-state index in [0.29, 0.717) is 10.8 Å². The Hall–Kier alpha value is -3.95. The van der Waals surface area contributed by atoms with E-state index in [9.17, 15) is 0 Å². The number of rotatable bonds is 9. The molecule has 0 aliphatic carbocycles. The monoisotopic (exact) mass is 502 g/mol. The van der Waals surface area contributed by atoms with Gasteiger partial charge in [0.1, 0.15) is 0 Å². The van der Waals surface area contributed by atoms with Crippen LogP contribution in [-0.2, 0) is 0 Å². The molecule has 0 amide bonds. The van der Waals surface area contributed by atoms with Crippen LogP contribution in [-0.4, -0.2) is 0 Å². The molecular formula is C34H34N2S. The zero-order chi connectivity index (χ0) is 26.5. The van der Waals surface area contributed by atoms with E-state index in [4.69, 9.17) is 0 Å². The SMILES string of the molecule is C=CC(=C)N(c1ccccc1)c1cc(Nc2c(/C=C\C(=C)S)ccc3cc(C)ccc23)ccc1C(C)C. The fraction of sp³-hybridized carbons (Fsp3) is 0.118. The second-order valence-corrected chi connectivity index (χ2v) is 10.1. The highest BCUT2D eigenvalue weighted by atomic mass is 32.1. The van der Waals surface area contributed by atoms with Gasteiger partial charge in [0.15, 0.2) is 0 Å². The highest BCUT2D eigenvalue weighted by Gasteiger charge is 2.18. The maximum absolute atomic E-state index is 4.35. The Kier molecular flexibility index (Phi) is 8.05. The maximum Gasteiger partial charge on any atom is 0.0537 e. The van der Waals surface area contributed by atoms with E-state index in [2.05, 4.69) is 130 Å². The second-order valence-electron chi connectivity index (χ2n) is 9.50. The van der Waals surface area contributed by atoms with Crippen LogP contribution in [0.1, 0.15) is 36.5 Å². The van der Waals surface area contributed by atoms with Crippen LogP contribution in [0.4, 0.5) is 22.7 Å². The molecule has 0 spiro atoms. The minimum Gasteiger partial charge on any atom is -0.354 e. The average Bonchev–Trinajstić information content (AvgIpc) is 2.88. The molecule has 0 radical (unpaired) electrons. The number of hydrogen-bond acceptors (Lipinski definition) is 3. The van der Waals surface area contributed by atoms with Crippen LogP contribution >= 0.6 is 12.6 Å². The van der Waals surface area contributed by atoms with Gasteiger partial charge in [-0.15, -0.1) is 12.6 Å². The lowest BCUT2D eigenvalue weighted by Crippen LogP contribution is -2.16. The van der Waals surface area contributed by atoms with Gasteiger partial charge in [-0.1, -0.05) is 99.8 Å². The number of anilines is 4. The predicted molar refractivity (Wildman–Crippen MR) is 168 cm³/mol. The zero-order valence-electron chi connectivity index (χ0n) is 21.8. The van der Waals surface area contributed by atoms with Gasteiger partial charge in [-0.2, -0.15) is 0 Å². The first kappa shape index (κ1) is 26.1. The Morgan fingerprint density at radius 3 is 2.38 bits per heavy atom. The van der Waals surface area contributed by atoms with Gasteiger partial charge < -0.3 is 10.2 Å². The van der Waals surface area contributed by atoms with E-state index in [-0.39, 0.29) is 0 Å². The Labute approximate surface area is 226 Å². The van der Waals surface area contributed by atoms with Crippen molar-refractivity contribution >= 4 is 52.2 Å². The van der Waals surface area contributed by atoms with E-state index in [0.717, 1.165) is 39.4 Å². The number of nitrogens with zero attached hydrogens (tertiary/aromatic N) is 1. The first-order valence-corrected chi connectivity index (χ1v) is 12.9. The highest BCUT2D eigenvalue weighted by Crippen LogP contribution is 2.39. The standard InChI is InChI=1S/C34H34N2S/c1-7-25(5)36(30-11-9-8-10-12-30)33-22-29(18-20-31(33)23(2)3)35-34-27(15-14-26(6)37)16-17-28-21-24(4)13-19-32(28)34/h7-23,35,37H,1,5-6H2,2-4H3/b15-14-. The average molecular weight is 503 g/mol. The third kappa shape index (κ3) is 5.90. The van der Waals surface area contributed by atoms with Crippen molar-refractivity contribution in [2.75, 3.05) is 10.2 Å². The molecule has 3 heteroatoms. The molecule has 0 saturated carbocycles. The molecule has 0 fully saturated rings. The highest BCUT2D eigenvalue weighted by molar-refractivity contribution is 7.84. The molecule has 4 aromatic rings. The van der Waals surface area contributed by atoms with Crippen LogP contribution in [0.2, 0.25) is 0 Å². The molecule has 186 valence electrons. The fourth-order valence-corrected chi connectivity index (χ4v) is 4.58. The molecule has 37 heavy (non-hydrogen) atoms. The van der Waals surface area contributed by atoms with E-state index in [1.807, 2.05) is 24.3 Å². The number of fused-ring (bicyclic) bond motifs is 1. The van der Waals surface area contributed by atoms with Crippen molar-refractivity contribution < 1.29 is 0 Å². The van der Waals surface area contributed by atoms with Crippen LogP contribution in [0.5, 0.6) is 0 Å². The number of thiol groups is 1. The summed E-state index contributed by atoms with van der Waals surface area (Å²) in [6, 6.07) is 27.7. The molecule has 0 aliphatic rings. The van der Waals surface area contributed by atoms with Crippen molar-refractivity contribution in [1.29, 1.82) is 0 Å². The largest absolute Gasteiger partial charge is 0.354 e. The quantitative estimate of drug-likeness (QED) is 0.175. The number of allylic oxidation sites excluding steroid dienone is 2. The molecule has 0 heterocycles. The summed E-state index contributed by atoms with van der Waals surface area (Å²) in [6.45, 7) is 18.8. The third-order valence-electron chi connectivity index (χ3n) is 6.36. The van der Waals surface area contributed by atoms with Crippen LogP contribution in [0.3, 0.4) is 0 Å². The Morgan fingerprint density at radius 2 is 1.70 bits per heavy atom. The minimum atomic E-state index is 0.327. The Balaban J connectivity index is 1.89. The van der Waals surface area contributed by atoms with Gasteiger partial charge in [0.2, 0.25) is 0 Å². The lowest BCUT2D eigenvalue weighted by atomic mass is 9.98. The summed E-state index contributed by atoms with van der Waals surface area (Å²) in [5.74, 6) is 0.327. The maximum atomic E-state index is 4.35. The predicted octanol–water partition coefficient (Wildman–Crippen LogP) is 10.3. The molecule has 0 bridgehead atoms. The van der Waals surface area contributed by atoms with Crippen LogP contribution in [0, 0.1) is 6.92 Å². The van der Waals surface area contributed by atoms with Crippen LogP contribution in [0.25, 0.3) is 16.8 Å². The van der Waals surface area contributed by atoms with Gasteiger partial charge in [-0.25, -0.2) is 0 Å². The van der Waals surface area contributed by atoms with E-state index < -0.39 is 0 Å². The summed E-state index contributed by atoms with van der Waals surface area (Å²) in [5, 5.41) is 6.08. The Bertz CT molecular complexity index is 1500. The third-order valence-corrected chi connectivity index (χ3v) is 6.51. The minimum absolute atomic E-state index is 0.327. The molecule has 0 saturated heterocycles. The summed E-state index contributed by atoms with van der Waals surface area (Å²) in [7, 11) is 0. The van der Waals surface area contributed by atoms with Gasteiger partial charge in [0, 0.05) is 22.5 Å². The molecule has 0 aromatic heterocycles. The van der Waals surface area contributed by atoms with Crippen LogP contribution in [0.15, 0.2) is 121 Å². The van der Waals surface area contributed by atoms with Gasteiger partial charge in [0.25, 0.3) is 0 Å². The smallest absolute Gasteiger partial charge is 0.0537 e. The molecule has 4 rings (SSSR count). The number of nitrogens with one attached hydrogen (secondary N) is 1. The van der Waals surface area contributed by atoms with E-state index in [1.54, 1.807) is 6.08 Å². The first-order chi connectivity index (χ1) is 17.8. The van der Waals surface area contributed by atoms with Crippen molar-refractivity contribution in [3.05, 3.63) is 138 Å². The lowest BCUT2D eigenvalue weighted by Gasteiger charge is -2.29. The first-order valence-electron chi connectivity index (χ1n) is 12.4. The van der Waals surface area contributed by atoms with E-state index in [1.165, 1.54) is 16.5 Å². The zero-order valence-corrected chi connectivity index (χ0v) is 22.7. The van der Waals surface area contributed by atoms with Crippen molar-refractivity contribution in [3.63, 3.8) is 0 Å². The fourth-order valence-electron chi connectivity index (χ4n) is 4.51. The number of benzene rings is 4. The van der Waals surface area contributed by atoms with Crippen molar-refractivity contribution in [3.8, 4) is 0 Å². The normalized spacial score (nSPS) is 11.2. The lowest BCUT2D eigenvalue weighted by molar-refractivity contribution is 0.863. The number of aryl methyl sites for hydroxylation is 1. The van der Waals surface area contributed by atoms with E-state index >= 15 is 0 Å². The molecular weight excluding hydrogens is 468 g/mol. The summed E-state index contributed by atoms with van der Waals surface area (Å²) in [5.41, 5.74) is 8.51. The summed E-state index contributed by atoms with van der Waals surface area (Å²) >= 11 is 4.35. The van der Waals surface area contributed by atoms with Crippen LogP contribution < -0.4 is 10.2 Å². The number of hydrogen-bond donors (Lipinski definition) is 2. The Morgan fingerprint density at radius 1 is 0.946 bits per heavy atom. The van der Waals surface area contributed by atoms with Crippen molar-refractivity contribution in [1.82, 2.24) is 0 Å². The molecule has 0 unspecified atom stereocenters. The summed E-state index contributed by atoms with van der Waals surface area (Å²) in [6.07, 6.45) is 5.77. The van der Waals surface area contributed by atoms with Crippen molar-refractivity contribution in [2.45, 2.75) is 26.7 Å². The number of para-hydroxylation sites is 1. The molecule has 0 aliphatic heterocycles. The molecule has 1 N–H and O–H groups in total. The van der Waals surface area contributed by atoms with Gasteiger partial charge in [-0.3, -0.25) is 0 Å². The van der Waals surface area contributed by atoms with Gasteiger partial charge in [0.05, 0.1) is 11.4 Å². The molecule has 0 atom stereocenters. The van der Waals surface area contributed by atoms with Crippen molar-refractivity contribution in [2.24, 2.45) is 0 Å². The second kappa shape index (κ2) is 11.4. The topological polar surface area (TPSA) is 15.3 Å². The summed E-state index contributed by atoms with van der Waals surface area (Å²) < 4.78 is 0.